The SMILES string of the molecule is COc1ccc(S(=O)(=O)[C@@H]2CS(=O)(=O)C[C@H]2NC2CCCCCC2)cc1. The molecule has 8 heteroatoms. The average Bonchev–Trinajstić information content (AvgIpc) is 2.77. The number of methoxy groups -OCH3 is 1. The minimum atomic E-state index is -3.74. The van der Waals surface area contributed by atoms with Gasteiger partial charge in [0.25, 0.3) is 0 Å². The van der Waals surface area contributed by atoms with Crippen molar-refractivity contribution < 1.29 is 21.6 Å². The zero-order chi connectivity index (χ0) is 18.8. The first-order valence-corrected chi connectivity index (χ1v) is 12.5. The molecule has 1 N–H and O–H groups in total. The summed E-state index contributed by atoms with van der Waals surface area (Å²) >= 11 is 0. The largest absolute Gasteiger partial charge is 0.497 e. The topological polar surface area (TPSA) is 89.5 Å². The summed E-state index contributed by atoms with van der Waals surface area (Å²) < 4.78 is 55.7. The van der Waals surface area contributed by atoms with Gasteiger partial charge in [0.1, 0.15) is 5.75 Å². The maximum atomic E-state index is 13.1. The van der Waals surface area contributed by atoms with E-state index in [0.29, 0.717) is 5.75 Å². The maximum Gasteiger partial charge on any atom is 0.183 e. The number of hydrogen-bond donors (Lipinski definition) is 1. The Morgan fingerprint density at radius 2 is 1.62 bits per heavy atom. The zero-order valence-corrected chi connectivity index (χ0v) is 16.7. The van der Waals surface area contributed by atoms with Gasteiger partial charge in [0, 0.05) is 12.1 Å². The van der Waals surface area contributed by atoms with Crippen LogP contribution >= 0.6 is 0 Å². The molecule has 1 aromatic carbocycles. The predicted molar refractivity (Wildman–Crippen MR) is 101 cm³/mol. The molecular weight excluding hydrogens is 374 g/mol. The Labute approximate surface area is 156 Å². The Morgan fingerprint density at radius 1 is 1.00 bits per heavy atom. The van der Waals surface area contributed by atoms with Gasteiger partial charge in [-0.05, 0) is 37.1 Å². The highest BCUT2D eigenvalue weighted by Gasteiger charge is 2.46. The van der Waals surface area contributed by atoms with Gasteiger partial charge in [-0.2, -0.15) is 0 Å². The molecule has 0 bridgehead atoms. The molecule has 6 nitrogen and oxygen atoms in total. The van der Waals surface area contributed by atoms with Crippen LogP contribution in [0.25, 0.3) is 0 Å². The summed E-state index contributed by atoms with van der Waals surface area (Å²) in [5, 5.41) is 2.44. The van der Waals surface area contributed by atoms with Crippen molar-refractivity contribution in [3.8, 4) is 5.75 Å². The molecule has 0 unspecified atom stereocenters. The highest BCUT2D eigenvalue weighted by Crippen LogP contribution is 2.28. The van der Waals surface area contributed by atoms with E-state index in [1.54, 1.807) is 12.1 Å². The van der Waals surface area contributed by atoms with Gasteiger partial charge in [0.2, 0.25) is 0 Å². The van der Waals surface area contributed by atoms with Crippen LogP contribution in [0.4, 0.5) is 0 Å². The first kappa shape index (κ1) is 19.6. The highest BCUT2D eigenvalue weighted by molar-refractivity contribution is 7.96. The lowest BCUT2D eigenvalue weighted by molar-refractivity contribution is 0.408. The van der Waals surface area contributed by atoms with Gasteiger partial charge < -0.3 is 10.1 Å². The van der Waals surface area contributed by atoms with E-state index in [2.05, 4.69) is 5.32 Å². The van der Waals surface area contributed by atoms with E-state index < -0.39 is 31.0 Å². The van der Waals surface area contributed by atoms with E-state index in [4.69, 9.17) is 4.74 Å². The Balaban J connectivity index is 1.84. The first-order valence-electron chi connectivity index (χ1n) is 9.16. The Morgan fingerprint density at radius 3 is 2.19 bits per heavy atom. The normalized spacial score (nSPS) is 27.1. The number of nitrogens with one attached hydrogen (secondary N) is 1. The lowest BCUT2D eigenvalue weighted by Gasteiger charge is -2.25. The third kappa shape index (κ3) is 4.40. The van der Waals surface area contributed by atoms with Gasteiger partial charge in [-0.15, -0.1) is 0 Å². The third-order valence-electron chi connectivity index (χ3n) is 5.39. The van der Waals surface area contributed by atoms with Crippen molar-refractivity contribution in [3.63, 3.8) is 0 Å². The minimum absolute atomic E-state index is 0.108. The molecule has 146 valence electrons. The Hall–Kier alpha value is -1.12. The van der Waals surface area contributed by atoms with Crippen molar-refractivity contribution in [2.75, 3.05) is 18.6 Å². The van der Waals surface area contributed by atoms with Crippen LogP contribution in [0, 0.1) is 0 Å². The number of benzene rings is 1. The second-order valence-electron chi connectivity index (χ2n) is 7.30. The number of rotatable bonds is 5. The summed E-state index contributed by atoms with van der Waals surface area (Å²) in [5.41, 5.74) is 0. The second-order valence-corrected chi connectivity index (χ2v) is 11.6. The molecular formula is C18H27NO5S2. The molecule has 3 rings (SSSR count). The number of hydrogen-bond acceptors (Lipinski definition) is 6. The second kappa shape index (κ2) is 7.86. The van der Waals surface area contributed by atoms with E-state index in [9.17, 15) is 16.8 Å². The van der Waals surface area contributed by atoms with Crippen molar-refractivity contribution in [3.05, 3.63) is 24.3 Å². The Bertz CT molecular complexity index is 810. The zero-order valence-electron chi connectivity index (χ0n) is 15.1. The van der Waals surface area contributed by atoms with Gasteiger partial charge in [-0.25, -0.2) is 16.8 Å². The van der Waals surface area contributed by atoms with Gasteiger partial charge in [-0.3, -0.25) is 0 Å². The van der Waals surface area contributed by atoms with E-state index >= 15 is 0 Å². The first-order chi connectivity index (χ1) is 12.3. The van der Waals surface area contributed by atoms with Crippen LogP contribution < -0.4 is 10.1 Å². The monoisotopic (exact) mass is 401 g/mol. The molecule has 2 atom stereocenters. The molecule has 1 heterocycles. The van der Waals surface area contributed by atoms with Crippen LogP contribution in [0.5, 0.6) is 5.75 Å². The fourth-order valence-corrected chi connectivity index (χ4v) is 8.64. The molecule has 0 spiro atoms. The summed E-state index contributed by atoms with van der Waals surface area (Å²) in [6, 6.07) is 5.80. The van der Waals surface area contributed by atoms with Crippen molar-refractivity contribution in [2.24, 2.45) is 0 Å². The fraction of sp³-hybridized carbons (Fsp3) is 0.667. The van der Waals surface area contributed by atoms with Gasteiger partial charge in [-0.1, -0.05) is 25.7 Å². The maximum absolute atomic E-state index is 13.1. The van der Waals surface area contributed by atoms with Crippen LogP contribution in [-0.2, 0) is 19.7 Å². The molecule has 1 aliphatic heterocycles. The van der Waals surface area contributed by atoms with Crippen LogP contribution in [-0.4, -0.2) is 52.8 Å². The standard InChI is InChI=1S/C18H27NO5S2/c1-24-15-8-10-16(11-9-15)26(22,23)18-13-25(20,21)12-17(18)19-14-6-4-2-3-5-7-14/h8-11,14,17-19H,2-7,12-13H2,1H3/t17-,18-/m1/s1. The molecule has 0 aromatic heterocycles. The number of ether oxygens (including phenoxy) is 1. The fourth-order valence-electron chi connectivity index (χ4n) is 3.97. The van der Waals surface area contributed by atoms with Gasteiger partial charge >= 0.3 is 0 Å². The molecule has 2 aliphatic rings. The van der Waals surface area contributed by atoms with E-state index in [1.165, 1.54) is 32.1 Å². The lowest BCUT2D eigenvalue weighted by atomic mass is 10.1. The summed E-state index contributed by atoms with van der Waals surface area (Å²) in [5.74, 6) is 0.145. The van der Waals surface area contributed by atoms with Crippen LogP contribution in [0.2, 0.25) is 0 Å². The van der Waals surface area contributed by atoms with E-state index in [1.807, 2.05) is 0 Å². The summed E-state index contributed by atoms with van der Waals surface area (Å²) in [6.07, 6.45) is 6.54. The molecule has 0 amide bonds. The van der Waals surface area contributed by atoms with Crippen molar-refractivity contribution in [1.29, 1.82) is 0 Å². The van der Waals surface area contributed by atoms with E-state index in [-0.39, 0.29) is 22.4 Å². The van der Waals surface area contributed by atoms with Gasteiger partial charge in [0.05, 0.1) is 28.8 Å². The number of sulfone groups is 2. The molecule has 26 heavy (non-hydrogen) atoms. The molecule has 1 saturated carbocycles. The van der Waals surface area contributed by atoms with Crippen molar-refractivity contribution in [1.82, 2.24) is 5.32 Å². The van der Waals surface area contributed by atoms with Crippen molar-refractivity contribution in [2.45, 2.75) is 60.8 Å². The van der Waals surface area contributed by atoms with Gasteiger partial charge in [0.15, 0.2) is 19.7 Å². The summed E-state index contributed by atoms with van der Waals surface area (Å²) in [6.45, 7) is 0. The van der Waals surface area contributed by atoms with Crippen LogP contribution in [0.3, 0.4) is 0 Å². The van der Waals surface area contributed by atoms with Crippen LogP contribution in [0.1, 0.15) is 38.5 Å². The lowest BCUT2D eigenvalue weighted by Crippen LogP contribution is -2.47. The molecule has 1 saturated heterocycles. The molecule has 1 aromatic rings. The molecule has 0 radical (unpaired) electrons. The van der Waals surface area contributed by atoms with Crippen LogP contribution in [0.15, 0.2) is 29.2 Å². The smallest absolute Gasteiger partial charge is 0.183 e. The minimum Gasteiger partial charge on any atom is -0.497 e. The predicted octanol–water partition coefficient (Wildman–Crippen LogP) is 1.95. The molecule has 1 aliphatic carbocycles. The average molecular weight is 402 g/mol. The third-order valence-corrected chi connectivity index (χ3v) is 9.56. The summed E-state index contributed by atoms with van der Waals surface area (Å²) in [4.78, 5) is 0.146. The van der Waals surface area contributed by atoms with Crippen molar-refractivity contribution >= 4 is 19.7 Å². The molecule has 2 fully saturated rings. The van der Waals surface area contributed by atoms with E-state index in [0.717, 1.165) is 25.7 Å². The quantitative estimate of drug-likeness (QED) is 0.759. The Kier molecular flexibility index (Phi) is 5.94. The highest BCUT2D eigenvalue weighted by atomic mass is 32.2. The summed E-state index contributed by atoms with van der Waals surface area (Å²) in [7, 11) is -5.60.